The molecular formula is C24H30F6N4O6S. The lowest BCUT2D eigenvalue weighted by Crippen LogP contribution is -2.67. The number of thiazole rings is 1. The zero-order valence-corrected chi connectivity index (χ0v) is 23.2. The molecule has 0 radical (unpaired) electrons. The molecule has 0 aromatic carbocycles. The number of hydrogen-bond donors (Lipinski definition) is 2. The Bertz CT molecular complexity index is 1170. The molecule has 17 heteroatoms. The van der Waals surface area contributed by atoms with Crippen LogP contribution < -0.4 is 0 Å². The van der Waals surface area contributed by atoms with Crippen molar-refractivity contribution in [3.8, 4) is 0 Å². The third-order valence-corrected chi connectivity index (χ3v) is 7.31. The number of piperazine rings is 1. The number of aryl methyl sites for hydroxylation is 2. The maximum atomic E-state index is 13.4. The van der Waals surface area contributed by atoms with Crippen molar-refractivity contribution in [1.29, 1.82) is 0 Å². The Hall–Kier alpha value is -3.18. The molecule has 1 spiro atoms. The number of aromatic nitrogens is 1. The van der Waals surface area contributed by atoms with Gasteiger partial charge in [-0.2, -0.15) is 26.3 Å². The average Bonchev–Trinajstić information content (AvgIpc) is 3.47. The number of halogens is 6. The Morgan fingerprint density at radius 2 is 1.51 bits per heavy atom. The number of furan rings is 1. The minimum absolute atomic E-state index is 0.274. The summed E-state index contributed by atoms with van der Waals surface area (Å²) in [6, 6.07) is 4.06. The molecule has 2 aromatic heterocycles. The maximum absolute atomic E-state index is 13.4. The van der Waals surface area contributed by atoms with E-state index in [2.05, 4.69) is 33.3 Å². The zero-order valence-electron chi connectivity index (χ0n) is 22.4. The SMILES string of the molecule is Cc1ccc(CN2CCC3(CC2)C(=O)N(Cc2csc(C)n2)CCN3C)o1.O=C(O)C(F)(F)F.O=C(O)C(F)(F)F. The molecule has 2 aromatic rings. The van der Waals surface area contributed by atoms with Crippen LogP contribution in [0.1, 0.15) is 35.1 Å². The molecule has 4 rings (SSSR count). The highest BCUT2D eigenvalue weighted by molar-refractivity contribution is 7.09. The molecule has 2 N–H and O–H groups in total. The van der Waals surface area contributed by atoms with Crippen molar-refractivity contribution in [3.63, 3.8) is 0 Å². The smallest absolute Gasteiger partial charge is 0.475 e. The van der Waals surface area contributed by atoms with Gasteiger partial charge in [0.1, 0.15) is 17.1 Å². The third kappa shape index (κ3) is 9.71. The zero-order chi connectivity index (χ0) is 31.2. The fourth-order valence-corrected chi connectivity index (χ4v) is 4.94. The Labute approximate surface area is 235 Å². The van der Waals surface area contributed by atoms with Crippen molar-refractivity contribution < 1.29 is 55.4 Å². The van der Waals surface area contributed by atoms with Crippen molar-refractivity contribution >= 4 is 29.2 Å². The summed E-state index contributed by atoms with van der Waals surface area (Å²) >= 11 is 1.65. The van der Waals surface area contributed by atoms with E-state index in [1.54, 1.807) is 11.3 Å². The summed E-state index contributed by atoms with van der Waals surface area (Å²) in [4.78, 5) is 42.4. The van der Waals surface area contributed by atoms with Gasteiger partial charge >= 0.3 is 24.3 Å². The van der Waals surface area contributed by atoms with Crippen molar-refractivity contribution in [2.75, 3.05) is 33.2 Å². The fraction of sp³-hybridized carbons (Fsp3) is 0.583. The van der Waals surface area contributed by atoms with Crippen LogP contribution in [-0.4, -0.2) is 98.9 Å². The van der Waals surface area contributed by atoms with Gasteiger partial charge in [-0.05, 0) is 45.9 Å². The monoisotopic (exact) mass is 616 g/mol. The molecule has 0 aliphatic carbocycles. The van der Waals surface area contributed by atoms with Crippen molar-refractivity contribution in [2.24, 2.45) is 0 Å². The maximum Gasteiger partial charge on any atom is 0.490 e. The number of aliphatic carboxylic acids is 2. The first-order chi connectivity index (χ1) is 18.8. The topological polar surface area (TPSA) is 127 Å². The minimum atomic E-state index is -5.08. The molecule has 2 saturated heterocycles. The number of likely N-dealkylation sites (N-methyl/N-ethyl adjacent to an activating group) is 1. The first-order valence-electron chi connectivity index (χ1n) is 12.1. The van der Waals surface area contributed by atoms with Gasteiger partial charge in [-0.1, -0.05) is 0 Å². The minimum Gasteiger partial charge on any atom is -0.475 e. The lowest BCUT2D eigenvalue weighted by atomic mass is 9.82. The van der Waals surface area contributed by atoms with Gasteiger partial charge in [0, 0.05) is 31.6 Å². The van der Waals surface area contributed by atoms with Crippen LogP contribution in [-0.2, 0) is 27.5 Å². The van der Waals surface area contributed by atoms with E-state index in [4.69, 9.17) is 24.2 Å². The average molecular weight is 617 g/mol. The van der Waals surface area contributed by atoms with Crippen LogP contribution in [0.2, 0.25) is 0 Å². The lowest BCUT2D eigenvalue weighted by Gasteiger charge is -2.51. The van der Waals surface area contributed by atoms with Crippen LogP contribution in [0.3, 0.4) is 0 Å². The Morgan fingerprint density at radius 1 is 0.976 bits per heavy atom. The molecule has 2 aliphatic heterocycles. The van der Waals surface area contributed by atoms with E-state index in [1.165, 1.54) is 0 Å². The molecule has 1 amide bonds. The molecular weight excluding hydrogens is 586 g/mol. The summed E-state index contributed by atoms with van der Waals surface area (Å²) < 4.78 is 69.2. The second kappa shape index (κ2) is 13.7. The number of alkyl halides is 6. The van der Waals surface area contributed by atoms with E-state index in [9.17, 15) is 31.1 Å². The van der Waals surface area contributed by atoms with Gasteiger partial charge in [0.2, 0.25) is 5.91 Å². The Balaban J connectivity index is 0.000000349. The van der Waals surface area contributed by atoms with Crippen LogP contribution in [0.5, 0.6) is 0 Å². The van der Waals surface area contributed by atoms with Crippen molar-refractivity contribution in [2.45, 2.75) is 57.7 Å². The van der Waals surface area contributed by atoms with Gasteiger partial charge < -0.3 is 19.5 Å². The van der Waals surface area contributed by atoms with Crippen LogP contribution >= 0.6 is 11.3 Å². The number of likely N-dealkylation sites (tertiary alicyclic amines) is 1. The summed E-state index contributed by atoms with van der Waals surface area (Å²) in [5, 5.41) is 17.4. The van der Waals surface area contributed by atoms with E-state index >= 15 is 0 Å². The van der Waals surface area contributed by atoms with Gasteiger partial charge in [0.05, 0.1) is 23.8 Å². The number of rotatable bonds is 4. The van der Waals surface area contributed by atoms with Gasteiger partial charge in [-0.3, -0.25) is 14.6 Å². The van der Waals surface area contributed by atoms with E-state index in [1.807, 2.05) is 24.8 Å². The summed E-state index contributed by atoms with van der Waals surface area (Å²) in [7, 11) is 2.10. The predicted molar refractivity (Wildman–Crippen MR) is 133 cm³/mol. The lowest BCUT2D eigenvalue weighted by molar-refractivity contribution is -0.193. The highest BCUT2D eigenvalue weighted by Gasteiger charge is 2.49. The predicted octanol–water partition coefficient (Wildman–Crippen LogP) is 3.93. The third-order valence-electron chi connectivity index (χ3n) is 6.48. The fourth-order valence-electron chi connectivity index (χ4n) is 4.34. The summed E-state index contributed by atoms with van der Waals surface area (Å²) in [6.45, 7) is 8.98. The number of amides is 1. The first kappa shape index (κ1) is 34.0. The molecule has 41 heavy (non-hydrogen) atoms. The summed E-state index contributed by atoms with van der Waals surface area (Å²) in [6.07, 6.45) is -8.43. The number of carbonyl (C=O) groups excluding carboxylic acids is 1. The van der Waals surface area contributed by atoms with Gasteiger partial charge in [0.25, 0.3) is 0 Å². The number of piperidine rings is 1. The Morgan fingerprint density at radius 3 is 1.93 bits per heavy atom. The van der Waals surface area contributed by atoms with E-state index in [0.29, 0.717) is 6.54 Å². The molecule has 0 saturated carbocycles. The van der Waals surface area contributed by atoms with Crippen LogP contribution in [0.15, 0.2) is 21.9 Å². The second-order valence-electron chi connectivity index (χ2n) is 9.43. The van der Waals surface area contributed by atoms with Crippen LogP contribution in [0, 0.1) is 13.8 Å². The summed E-state index contributed by atoms with van der Waals surface area (Å²) in [5.41, 5.74) is 0.648. The molecule has 10 nitrogen and oxygen atoms in total. The van der Waals surface area contributed by atoms with Gasteiger partial charge in [-0.25, -0.2) is 14.6 Å². The van der Waals surface area contributed by atoms with E-state index < -0.39 is 24.3 Å². The highest BCUT2D eigenvalue weighted by Crippen LogP contribution is 2.34. The van der Waals surface area contributed by atoms with Crippen LogP contribution in [0.25, 0.3) is 0 Å². The Kier molecular flexibility index (Phi) is 11.3. The number of carbonyl (C=O) groups is 3. The highest BCUT2D eigenvalue weighted by atomic mass is 32.1. The second-order valence-corrected chi connectivity index (χ2v) is 10.5. The van der Waals surface area contributed by atoms with Crippen molar-refractivity contribution in [1.82, 2.24) is 19.7 Å². The van der Waals surface area contributed by atoms with E-state index in [-0.39, 0.29) is 11.4 Å². The van der Waals surface area contributed by atoms with Gasteiger partial charge in [0.15, 0.2) is 0 Å². The van der Waals surface area contributed by atoms with Gasteiger partial charge in [-0.15, -0.1) is 11.3 Å². The summed E-state index contributed by atoms with van der Waals surface area (Å²) in [5.74, 6) is -3.28. The number of carboxylic acids is 2. The molecule has 2 aliphatic rings. The quantitative estimate of drug-likeness (QED) is 0.492. The van der Waals surface area contributed by atoms with Crippen molar-refractivity contribution in [3.05, 3.63) is 39.7 Å². The largest absolute Gasteiger partial charge is 0.490 e. The first-order valence-corrected chi connectivity index (χ1v) is 13.0. The molecule has 4 heterocycles. The normalized spacial score (nSPS) is 17.9. The molecule has 0 unspecified atom stereocenters. The molecule has 0 bridgehead atoms. The van der Waals surface area contributed by atoms with E-state index in [0.717, 1.165) is 67.8 Å². The number of nitrogens with zero attached hydrogens (tertiary/aromatic N) is 4. The molecule has 230 valence electrons. The molecule has 0 atom stereocenters. The number of hydrogen-bond acceptors (Lipinski definition) is 8. The number of carboxylic acid groups (broad SMARTS) is 2. The van der Waals surface area contributed by atoms with Crippen LogP contribution in [0.4, 0.5) is 26.3 Å². The molecule has 2 fully saturated rings. The standard InChI is InChI=1S/C20H28N4O2S.2C2HF3O2/c1-15-4-5-18(26-15)13-23-8-6-20(7-9-23)19(25)24(11-10-22(20)3)12-17-14-27-16(2)21-17;2*3-2(4,5)1(6)7/h4-5,14H,6-13H2,1-3H3;2*(H,6,7).